The average molecular weight is 315 g/mol. The fourth-order valence-corrected chi connectivity index (χ4v) is 2.80. The van der Waals surface area contributed by atoms with Gasteiger partial charge in [0.25, 0.3) is 5.91 Å². The van der Waals surface area contributed by atoms with Gasteiger partial charge in [0.15, 0.2) is 11.5 Å². The number of ether oxygens (including phenoxy) is 3. The number of rotatable bonds is 2. The van der Waals surface area contributed by atoms with Gasteiger partial charge in [0.05, 0.1) is 30.7 Å². The summed E-state index contributed by atoms with van der Waals surface area (Å²) in [6.07, 6.45) is 1.57. The van der Waals surface area contributed by atoms with Crippen molar-refractivity contribution in [2.45, 2.75) is 0 Å². The molecule has 0 unspecified atom stereocenters. The molecule has 0 atom stereocenters. The number of hydrogen-bond acceptors (Lipinski definition) is 5. The van der Waals surface area contributed by atoms with Crippen molar-refractivity contribution in [3.8, 4) is 22.8 Å². The number of carbonyl (C=O) groups excluding carboxylic acids is 1. The number of nitrogens with zero attached hydrogens (tertiary/aromatic N) is 2. The monoisotopic (exact) mass is 315 g/mol. The van der Waals surface area contributed by atoms with Crippen molar-refractivity contribution in [1.82, 2.24) is 15.1 Å². The molecule has 3 heterocycles. The maximum Gasteiger partial charge on any atom is 0.257 e. The summed E-state index contributed by atoms with van der Waals surface area (Å²) in [5, 5.41) is 6.97. The Bertz CT molecular complexity index is 722. The third kappa shape index (κ3) is 2.63. The number of aromatic nitrogens is 2. The fraction of sp³-hybridized carbons (Fsp3) is 0.375. The van der Waals surface area contributed by atoms with Crippen LogP contribution in [-0.4, -0.2) is 60.5 Å². The van der Waals surface area contributed by atoms with Crippen LogP contribution in [0, 0.1) is 0 Å². The van der Waals surface area contributed by atoms with E-state index in [1.54, 1.807) is 11.1 Å². The molecule has 0 radical (unpaired) electrons. The predicted octanol–water partition coefficient (Wildman–Crippen LogP) is 1.32. The van der Waals surface area contributed by atoms with Crippen molar-refractivity contribution >= 4 is 5.91 Å². The van der Waals surface area contributed by atoms with Crippen LogP contribution in [0.4, 0.5) is 0 Å². The minimum atomic E-state index is -0.0352. The number of H-pyrrole nitrogens is 1. The summed E-state index contributed by atoms with van der Waals surface area (Å²) in [6.45, 7) is 3.43. The Kier molecular flexibility index (Phi) is 3.63. The molecule has 0 saturated carbocycles. The summed E-state index contributed by atoms with van der Waals surface area (Å²) in [6, 6.07) is 5.63. The van der Waals surface area contributed by atoms with E-state index in [0.717, 1.165) is 11.3 Å². The molecule has 0 bridgehead atoms. The van der Waals surface area contributed by atoms with E-state index in [-0.39, 0.29) is 5.91 Å². The highest BCUT2D eigenvalue weighted by Gasteiger charge is 2.24. The summed E-state index contributed by atoms with van der Waals surface area (Å²) in [7, 11) is 0. The number of fused-ring (bicyclic) bond motifs is 1. The Hall–Kier alpha value is -2.54. The van der Waals surface area contributed by atoms with Crippen LogP contribution in [0.1, 0.15) is 10.4 Å². The zero-order valence-electron chi connectivity index (χ0n) is 12.6. The smallest absolute Gasteiger partial charge is 0.257 e. The van der Waals surface area contributed by atoms with Gasteiger partial charge in [0, 0.05) is 18.7 Å². The van der Waals surface area contributed by atoms with E-state index in [9.17, 15) is 4.79 Å². The van der Waals surface area contributed by atoms with Crippen molar-refractivity contribution < 1.29 is 19.0 Å². The van der Waals surface area contributed by atoms with Crippen LogP contribution in [0.15, 0.2) is 24.4 Å². The number of aromatic amines is 1. The van der Waals surface area contributed by atoms with Crippen LogP contribution in [0.3, 0.4) is 0 Å². The van der Waals surface area contributed by atoms with Gasteiger partial charge >= 0.3 is 0 Å². The molecule has 1 aromatic heterocycles. The third-order valence-electron chi connectivity index (χ3n) is 4.00. The normalized spacial score (nSPS) is 17.1. The maximum absolute atomic E-state index is 12.7. The Morgan fingerprint density at radius 3 is 2.70 bits per heavy atom. The zero-order valence-corrected chi connectivity index (χ0v) is 12.6. The largest absolute Gasteiger partial charge is 0.486 e. The van der Waals surface area contributed by atoms with Gasteiger partial charge in [-0.05, 0) is 18.2 Å². The quantitative estimate of drug-likeness (QED) is 0.904. The van der Waals surface area contributed by atoms with Gasteiger partial charge in [0.1, 0.15) is 13.2 Å². The van der Waals surface area contributed by atoms with Crippen LogP contribution in [0.2, 0.25) is 0 Å². The molecule has 1 aromatic carbocycles. The number of benzene rings is 1. The minimum absolute atomic E-state index is 0.0352. The predicted molar refractivity (Wildman–Crippen MR) is 81.7 cm³/mol. The summed E-state index contributed by atoms with van der Waals surface area (Å²) < 4.78 is 16.4. The first-order valence-electron chi connectivity index (χ1n) is 7.63. The number of nitrogens with one attached hydrogen (secondary N) is 1. The van der Waals surface area contributed by atoms with E-state index < -0.39 is 0 Å². The van der Waals surface area contributed by atoms with E-state index in [2.05, 4.69) is 10.2 Å². The summed E-state index contributed by atoms with van der Waals surface area (Å²) in [5.74, 6) is 1.38. The Labute approximate surface area is 133 Å². The van der Waals surface area contributed by atoms with Gasteiger partial charge in [-0.1, -0.05) is 0 Å². The topological polar surface area (TPSA) is 76.7 Å². The SMILES string of the molecule is O=C(c1cn[nH]c1-c1ccc2c(c1)OCCO2)N1CCOCC1. The van der Waals surface area contributed by atoms with Gasteiger partial charge in [-0.3, -0.25) is 9.89 Å². The first-order valence-corrected chi connectivity index (χ1v) is 7.63. The molecule has 4 rings (SSSR count). The van der Waals surface area contributed by atoms with Crippen molar-refractivity contribution in [2.75, 3.05) is 39.5 Å². The second kappa shape index (κ2) is 5.92. The fourth-order valence-electron chi connectivity index (χ4n) is 2.80. The van der Waals surface area contributed by atoms with Crippen LogP contribution in [0.25, 0.3) is 11.3 Å². The first kappa shape index (κ1) is 14.1. The highest BCUT2D eigenvalue weighted by atomic mass is 16.6. The molecule has 1 amide bonds. The second-order valence-electron chi connectivity index (χ2n) is 5.42. The average Bonchev–Trinajstić information content (AvgIpc) is 3.11. The lowest BCUT2D eigenvalue weighted by Crippen LogP contribution is -2.40. The molecule has 0 spiro atoms. The summed E-state index contributed by atoms with van der Waals surface area (Å²) in [5.41, 5.74) is 2.10. The highest BCUT2D eigenvalue weighted by molar-refractivity contribution is 6.00. The molecule has 7 nitrogen and oxygen atoms in total. The molecule has 7 heteroatoms. The Balaban J connectivity index is 1.65. The molecule has 1 fully saturated rings. The second-order valence-corrected chi connectivity index (χ2v) is 5.42. The van der Waals surface area contributed by atoms with Crippen molar-refractivity contribution in [3.63, 3.8) is 0 Å². The van der Waals surface area contributed by atoms with E-state index >= 15 is 0 Å². The zero-order chi connectivity index (χ0) is 15.6. The van der Waals surface area contributed by atoms with Crippen LogP contribution in [0.5, 0.6) is 11.5 Å². The van der Waals surface area contributed by atoms with Crippen molar-refractivity contribution in [3.05, 3.63) is 30.0 Å². The Morgan fingerprint density at radius 1 is 1.09 bits per heavy atom. The van der Waals surface area contributed by atoms with Gasteiger partial charge < -0.3 is 19.1 Å². The van der Waals surface area contributed by atoms with E-state index in [1.807, 2.05) is 18.2 Å². The van der Waals surface area contributed by atoms with Gasteiger partial charge in [-0.2, -0.15) is 5.10 Å². The van der Waals surface area contributed by atoms with Gasteiger partial charge in [-0.15, -0.1) is 0 Å². The van der Waals surface area contributed by atoms with Gasteiger partial charge in [-0.25, -0.2) is 0 Å². The molecule has 23 heavy (non-hydrogen) atoms. The van der Waals surface area contributed by atoms with Crippen LogP contribution in [-0.2, 0) is 4.74 Å². The highest BCUT2D eigenvalue weighted by Crippen LogP contribution is 2.35. The summed E-state index contributed by atoms with van der Waals surface area (Å²) >= 11 is 0. The minimum Gasteiger partial charge on any atom is -0.486 e. The van der Waals surface area contributed by atoms with E-state index in [1.165, 1.54) is 0 Å². The van der Waals surface area contributed by atoms with Crippen molar-refractivity contribution in [2.24, 2.45) is 0 Å². The maximum atomic E-state index is 12.7. The molecular formula is C16H17N3O4. The molecule has 1 N–H and O–H groups in total. The number of amides is 1. The molecule has 2 aromatic rings. The number of hydrogen-bond donors (Lipinski definition) is 1. The van der Waals surface area contributed by atoms with E-state index in [0.29, 0.717) is 56.5 Å². The lowest BCUT2D eigenvalue weighted by molar-refractivity contribution is 0.0303. The lowest BCUT2D eigenvalue weighted by Gasteiger charge is -2.26. The van der Waals surface area contributed by atoms with Crippen molar-refractivity contribution in [1.29, 1.82) is 0 Å². The van der Waals surface area contributed by atoms with Crippen LogP contribution >= 0.6 is 0 Å². The number of morpholine rings is 1. The first-order chi connectivity index (χ1) is 11.3. The molecule has 1 saturated heterocycles. The molecular weight excluding hydrogens is 298 g/mol. The lowest BCUT2D eigenvalue weighted by atomic mass is 10.1. The van der Waals surface area contributed by atoms with Gasteiger partial charge in [0.2, 0.25) is 0 Å². The standard InChI is InChI=1S/C16H17N3O4/c20-16(19-3-5-21-6-4-19)12-10-17-18-15(12)11-1-2-13-14(9-11)23-8-7-22-13/h1-2,9-10H,3-8H2,(H,17,18). The molecule has 0 aliphatic carbocycles. The molecule has 2 aliphatic heterocycles. The summed E-state index contributed by atoms with van der Waals surface area (Å²) in [4.78, 5) is 14.5. The molecule has 120 valence electrons. The number of carbonyl (C=O) groups is 1. The third-order valence-corrected chi connectivity index (χ3v) is 4.00. The molecule has 2 aliphatic rings. The Morgan fingerprint density at radius 2 is 1.87 bits per heavy atom. The van der Waals surface area contributed by atoms with Crippen LogP contribution < -0.4 is 9.47 Å². The van der Waals surface area contributed by atoms with E-state index in [4.69, 9.17) is 14.2 Å².